The van der Waals surface area contributed by atoms with Crippen molar-refractivity contribution in [2.24, 2.45) is 0 Å². The molecule has 1 aliphatic heterocycles. The van der Waals surface area contributed by atoms with Crippen LogP contribution in [-0.2, 0) is 15.3 Å². The predicted octanol–water partition coefficient (Wildman–Crippen LogP) is 7.53. The molecule has 1 aliphatic rings. The highest BCUT2D eigenvalue weighted by Crippen LogP contribution is 2.45. The number of hydrogen-bond acceptors (Lipinski definition) is 7. The lowest BCUT2D eigenvalue weighted by atomic mass is 9.95. The van der Waals surface area contributed by atoms with Crippen molar-refractivity contribution in [3.8, 4) is 0 Å². The number of aliphatic hydroxyl groups excluding tert-OH is 1. The maximum absolute atomic E-state index is 13.3. The van der Waals surface area contributed by atoms with E-state index in [0.29, 0.717) is 26.2 Å². The number of benzene rings is 3. The van der Waals surface area contributed by atoms with Crippen molar-refractivity contribution >= 4 is 84.8 Å². The van der Waals surface area contributed by atoms with Gasteiger partial charge in [-0.25, -0.2) is 0 Å². The Labute approximate surface area is 239 Å². The van der Waals surface area contributed by atoms with Crippen molar-refractivity contribution in [1.82, 2.24) is 10.2 Å². The quantitative estimate of drug-likeness (QED) is 0.0778. The van der Waals surface area contributed by atoms with Crippen LogP contribution in [0.4, 0.5) is 5.13 Å². The Balaban J connectivity index is 1.57. The fraction of sp³-hybridized carbons (Fsp3) is 0.0769. The molecule has 186 valence electrons. The van der Waals surface area contributed by atoms with Gasteiger partial charge in [0.2, 0.25) is 5.13 Å². The molecule has 1 saturated heterocycles. The van der Waals surface area contributed by atoms with Crippen LogP contribution in [0.5, 0.6) is 0 Å². The average Bonchev–Trinajstić information content (AvgIpc) is 3.47. The summed E-state index contributed by atoms with van der Waals surface area (Å²) >= 11 is 18.5. The van der Waals surface area contributed by atoms with Gasteiger partial charge < -0.3 is 5.11 Å². The number of hydrogen-bond donors (Lipinski definition) is 1. The highest BCUT2D eigenvalue weighted by Gasteiger charge is 2.48. The molecule has 5 rings (SSSR count). The van der Waals surface area contributed by atoms with Gasteiger partial charge >= 0.3 is 5.91 Å². The van der Waals surface area contributed by atoms with Crippen LogP contribution in [0.2, 0.25) is 10.0 Å². The summed E-state index contributed by atoms with van der Waals surface area (Å²) in [6, 6.07) is 20.5. The Bertz CT molecular complexity index is 1530. The lowest BCUT2D eigenvalue weighted by Gasteiger charge is -2.22. The van der Waals surface area contributed by atoms with Crippen molar-refractivity contribution in [3.63, 3.8) is 0 Å². The molecular weight excluding hydrogens is 617 g/mol. The van der Waals surface area contributed by atoms with E-state index in [1.807, 2.05) is 30.3 Å². The molecule has 6 nitrogen and oxygen atoms in total. The van der Waals surface area contributed by atoms with Crippen molar-refractivity contribution < 1.29 is 14.7 Å². The molecule has 1 unspecified atom stereocenters. The summed E-state index contributed by atoms with van der Waals surface area (Å²) in [6.07, 6.45) is 0. The molecule has 0 aliphatic carbocycles. The molecule has 0 spiro atoms. The molecule has 1 amide bonds. The normalized spacial score (nSPS) is 16.9. The van der Waals surface area contributed by atoms with Crippen LogP contribution in [0.25, 0.3) is 5.76 Å². The second kappa shape index (κ2) is 11.0. The zero-order valence-corrected chi connectivity index (χ0v) is 23.5. The summed E-state index contributed by atoms with van der Waals surface area (Å²) in [7, 11) is 0. The number of aliphatic hydroxyl groups is 1. The third-order valence-electron chi connectivity index (χ3n) is 5.63. The first-order valence-electron chi connectivity index (χ1n) is 10.9. The molecule has 0 bridgehead atoms. The number of rotatable bonds is 6. The first-order valence-corrected chi connectivity index (χ1v) is 14.2. The fourth-order valence-electron chi connectivity index (χ4n) is 3.87. The van der Waals surface area contributed by atoms with E-state index in [1.165, 1.54) is 28.0 Å². The summed E-state index contributed by atoms with van der Waals surface area (Å²) in [5, 5.41) is 20.5. The van der Waals surface area contributed by atoms with E-state index in [1.54, 1.807) is 42.5 Å². The molecule has 1 aromatic heterocycles. The van der Waals surface area contributed by atoms with Crippen molar-refractivity contribution in [2.75, 3.05) is 4.90 Å². The highest BCUT2D eigenvalue weighted by molar-refractivity contribution is 9.10. The van der Waals surface area contributed by atoms with Gasteiger partial charge in [-0.1, -0.05) is 111 Å². The van der Waals surface area contributed by atoms with E-state index in [0.717, 1.165) is 10.0 Å². The number of aromatic nitrogens is 2. The van der Waals surface area contributed by atoms with Crippen LogP contribution in [0.1, 0.15) is 22.7 Å². The molecule has 4 aromatic rings. The summed E-state index contributed by atoms with van der Waals surface area (Å²) in [6.45, 7) is 0. The topological polar surface area (TPSA) is 83.4 Å². The maximum Gasteiger partial charge on any atom is 0.301 e. The number of Topliss-reactive ketones (excluding diaryl/α,β-unsaturated/α-hetero) is 1. The number of anilines is 1. The smallest absolute Gasteiger partial charge is 0.301 e. The summed E-state index contributed by atoms with van der Waals surface area (Å²) in [5.74, 6) is -1.27. The van der Waals surface area contributed by atoms with Gasteiger partial charge in [0.1, 0.15) is 5.76 Å². The van der Waals surface area contributed by atoms with Gasteiger partial charge in [-0.05, 0) is 35.4 Å². The van der Waals surface area contributed by atoms with Gasteiger partial charge in [-0.2, -0.15) is 0 Å². The van der Waals surface area contributed by atoms with Crippen LogP contribution < -0.4 is 4.90 Å². The molecule has 0 saturated carbocycles. The fourth-order valence-corrected chi connectivity index (χ4v) is 6.26. The average molecular weight is 633 g/mol. The number of halogens is 3. The Kier molecular flexibility index (Phi) is 7.69. The van der Waals surface area contributed by atoms with Crippen molar-refractivity contribution in [2.45, 2.75) is 16.1 Å². The monoisotopic (exact) mass is 631 g/mol. The molecule has 2 heterocycles. The molecule has 11 heteroatoms. The van der Waals surface area contributed by atoms with Gasteiger partial charge in [0.05, 0.1) is 21.7 Å². The third-order valence-corrected chi connectivity index (χ3v) is 9.02. The number of carbonyl (C=O) groups is 2. The Hall–Kier alpha value is -2.69. The van der Waals surface area contributed by atoms with Crippen LogP contribution in [0.15, 0.2) is 87.2 Å². The zero-order valence-electron chi connectivity index (χ0n) is 18.8. The van der Waals surface area contributed by atoms with E-state index >= 15 is 0 Å². The number of ketones is 1. The molecular formula is C26H16BrCl2N3O3S2. The standard InChI is InChI=1S/C26H16BrCl2N3O3S2/c27-17-9-6-15(7-10-17)22(33)20-21(16-8-11-18(28)19(29)12-16)32(24(35)23(20)34)25-30-31-26(37-25)36-13-14-4-2-1-3-5-14/h1-12,21,33H,13H2/b22-20-. The molecule has 0 radical (unpaired) electrons. The van der Waals surface area contributed by atoms with E-state index in [-0.39, 0.29) is 21.5 Å². The summed E-state index contributed by atoms with van der Waals surface area (Å²) in [5.41, 5.74) is 1.94. The lowest BCUT2D eigenvalue weighted by molar-refractivity contribution is -0.132. The molecule has 1 atom stereocenters. The Morgan fingerprint density at radius 1 is 1.00 bits per heavy atom. The third kappa shape index (κ3) is 5.32. The van der Waals surface area contributed by atoms with Gasteiger partial charge in [0.15, 0.2) is 4.34 Å². The lowest BCUT2D eigenvalue weighted by Crippen LogP contribution is -2.29. The first kappa shape index (κ1) is 25.9. The molecule has 1 fully saturated rings. The van der Waals surface area contributed by atoms with Crippen LogP contribution in [-0.4, -0.2) is 27.0 Å². The minimum absolute atomic E-state index is 0.0700. The minimum atomic E-state index is -0.974. The Morgan fingerprint density at radius 3 is 2.43 bits per heavy atom. The number of thioether (sulfide) groups is 1. The molecule has 3 aromatic carbocycles. The van der Waals surface area contributed by atoms with Gasteiger partial charge in [-0.15, -0.1) is 10.2 Å². The number of nitrogens with zero attached hydrogens (tertiary/aromatic N) is 3. The van der Waals surface area contributed by atoms with E-state index in [2.05, 4.69) is 26.1 Å². The van der Waals surface area contributed by atoms with Crippen LogP contribution in [0.3, 0.4) is 0 Å². The molecule has 1 N–H and O–H groups in total. The Morgan fingerprint density at radius 2 is 1.73 bits per heavy atom. The second-order valence-corrected chi connectivity index (χ2v) is 11.9. The van der Waals surface area contributed by atoms with Gasteiger partial charge in [0, 0.05) is 15.8 Å². The predicted molar refractivity (Wildman–Crippen MR) is 151 cm³/mol. The largest absolute Gasteiger partial charge is 0.507 e. The maximum atomic E-state index is 13.3. The number of carbonyl (C=O) groups excluding carboxylic acids is 2. The second-order valence-electron chi connectivity index (χ2n) is 7.97. The van der Waals surface area contributed by atoms with E-state index in [9.17, 15) is 14.7 Å². The van der Waals surface area contributed by atoms with Gasteiger partial charge in [-0.3, -0.25) is 14.5 Å². The SMILES string of the molecule is O=C1C(=O)N(c2nnc(SCc3ccccc3)s2)C(c2ccc(Cl)c(Cl)c2)/C1=C(/O)c1ccc(Br)cc1. The van der Waals surface area contributed by atoms with Crippen molar-refractivity contribution in [1.29, 1.82) is 0 Å². The van der Waals surface area contributed by atoms with E-state index < -0.39 is 17.7 Å². The molecule has 37 heavy (non-hydrogen) atoms. The zero-order chi connectivity index (χ0) is 26.1. The number of amides is 1. The van der Waals surface area contributed by atoms with E-state index in [4.69, 9.17) is 23.2 Å². The summed E-state index contributed by atoms with van der Waals surface area (Å²) in [4.78, 5) is 27.9. The minimum Gasteiger partial charge on any atom is -0.507 e. The summed E-state index contributed by atoms with van der Waals surface area (Å²) < 4.78 is 1.45. The van der Waals surface area contributed by atoms with Crippen molar-refractivity contribution in [3.05, 3.63) is 110 Å². The van der Waals surface area contributed by atoms with Gasteiger partial charge in [0.25, 0.3) is 5.78 Å². The highest BCUT2D eigenvalue weighted by atomic mass is 79.9. The first-order chi connectivity index (χ1) is 17.8. The van der Waals surface area contributed by atoms with Crippen LogP contribution >= 0.6 is 62.2 Å². The van der Waals surface area contributed by atoms with Crippen LogP contribution in [0, 0.1) is 0 Å².